The van der Waals surface area contributed by atoms with Crippen LogP contribution in [0, 0.1) is 23.2 Å². The number of nitrogens with one attached hydrogen (secondary N) is 1. The van der Waals surface area contributed by atoms with Crippen molar-refractivity contribution in [3.8, 4) is 0 Å². The quantitative estimate of drug-likeness (QED) is 0.545. The summed E-state index contributed by atoms with van der Waals surface area (Å²) in [5, 5.41) is 12.8. The van der Waals surface area contributed by atoms with E-state index in [4.69, 9.17) is 0 Å². The summed E-state index contributed by atoms with van der Waals surface area (Å²) < 4.78 is 0. The Morgan fingerprint density at radius 1 is 1.28 bits per heavy atom. The lowest BCUT2D eigenvalue weighted by Gasteiger charge is -2.49. The standard InChI is InChI=1S/C26H29N3O3/c1-26-11-10-18-17-5-3-2-4-16(17)6-7-19(18)24(26)20(21(15-30)25(26)32)8-9-23(31)29-22-14-27-12-13-28-22/h2-5,12-15,18-20,24,30H,6-11H2,1H3,(H,28,29,31)/b21-15-/t18?,19?,20-,24?,26+/m1/s1. The van der Waals surface area contributed by atoms with E-state index in [-0.39, 0.29) is 29.9 Å². The number of hydrogen-bond donors (Lipinski definition) is 2. The number of ketones is 1. The molecule has 5 rings (SSSR count). The van der Waals surface area contributed by atoms with Gasteiger partial charge in [-0.25, -0.2) is 4.98 Å². The number of rotatable bonds is 4. The molecule has 0 saturated heterocycles. The topological polar surface area (TPSA) is 92.2 Å². The Kier molecular flexibility index (Phi) is 5.31. The third kappa shape index (κ3) is 3.33. The lowest BCUT2D eigenvalue weighted by molar-refractivity contribution is -0.127. The summed E-state index contributed by atoms with van der Waals surface area (Å²) in [5.41, 5.74) is 2.90. The van der Waals surface area contributed by atoms with Gasteiger partial charge in [0.15, 0.2) is 11.6 Å². The predicted octanol–water partition coefficient (Wildman–Crippen LogP) is 4.60. The fourth-order valence-corrected chi connectivity index (χ4v) is 6.82. The molecule has 1 aromatic carbocycles. The van der Waals surface area contributed by atoms with Crippen LogP contribution >= 0.6 is 0 Å². The Balaban J connectivity index is 1.40. The normalized spacial score (nSPS) is 32.2. The fraction of sp³-hybridized carbons (Fsp3) is 0.462. The summed E-state index contributed by atoms with van der Waals surface area (Å²) in [5.74, 6) is 1.21. The van der Waals surface area contributed by atoms with Crippen molar-refractivity contribution >= 4 is 17.5 Å². The molecule has 5 atom stereocenters. The molecular formula is C26H29N3O3. The van der Waals surface area contributed by atoms with Gasteiger partial charge >= 0.3 is 0 Å². The zero-order chi connectivity index (χ0) is 22.3. The number of amides is 1. The summed E-state index contributed by atoms with van der Waals surface area (Å²) in [6.07, 6.45) is 10.3. The first-order chi connectivity index (χ1) is 15.5. The molecule has 6 heteroatoms. The molecule has 0 spiro atoms. The van der Waals surface area contributed by atoms with E-state index < -0.39 is 5.41 Å². The Morgan fingerprint density at radius 2 is 2.12 bits per heavy atom. The van der Waals surface area contributed by atoms with Crippen molar-refractivity contribution in [3.05, 3.63) is 65.8 Å². The molecule has 1 heterocycles. The van der Waals surface area contributed by atoms with Crippen LogP contribution in [0.3, 0.4) is 0 Å². The molecule has 32 heavy (non-hydrogen) atoms. The van der Waals surface area contributed by atoms with Crippen LogP contribution in [0.1, 0.15) is 56.1 Å². The third-order valence-electron chi connectivity index (χ3n) is 8.16. The van der Waals surface area contributed by atoms with Crippen molar-refractivity contribution in [2.45, 2.75) is 51.4 Å². The SMILES string of the molecule is C[C@]12CCC3c4ccccc4CCC3C1[C@H](CCC(=O)Nc1cnccn1)/C(=C/O)C2=O. The van der Waals surface area contributed by atoms with E-state index in [9.17, 15) is 14.7 Å². The molecular weight excluding hydrogens is 402 g/mol. The second kappa shape index (κ2) is 8.15. The number of fused-ring (bicyclic) bond motifs is 5. The van der Waals surface area contributed by atoms with E-state index >= 15 is 0 Å². The number of aliphatic hydroxyl groups excluding tert-OH is 1. The summed E-state index contributed by atoms with van der Waals surface area (Å²) in [6, 6.07) is 8.70. The van der Waals surface area contributed by atoms with E-state index in [2.05, 4.69) is 46.5 Å². The first-order valence-electron chi connectivity index (χ1n) is 11.6. The Bertz CT molecular complexity index is 1070. The number of allylic oxidation sites excluding steroid dienone is 1. The highest BCUT2D eigenvalue weighted by molar-refractivity contribution is 6.03. The van der Waals surface area contributed by atoms with E-state index in [1.54, 1.807) is 6.20 Å². The van der Waals surface area contributed by atoms with E-state index in [0.29, 0.717) is 29.6 Å². The van der Waals surface area contributed by atoms with Crippen LogP contribution in [-0.2, 0) is 16.0 Å². The highest BCUT2D eigenvalue weighted by Gasteiger charge is 2.60. The van der Waals surface area contributed by atoms with Gasteiger partial charge in [-0.15, -0.1) is 0 Å². The number of anilines is 1. The number of carbonyl (C=O) groups excluding carboxylic acids is 2. The van der Waals surface area contributed by atoms with Crippen LogP contribution in [0.15, 0.2) is 54.7 Å². The zero-order valence-electron chi connectivity index (χ0n) is 18.3. The molecule has 0 bridgehead atoms. The first kappa shape index (κ1) is 20.9. The van der Waals surface area contributed by atoms with E-state index in [0.717, 1.165) is 31.9 Å². The smallest absolute Gasteiger partial charge is 0.225 e. The van der Waals surface area contributed by atoms with Gasteiger partial charge in [0.25, 0.3) is 0 Å². The lowest BCUT2D eigenvalue weighted by atomic mass is 9.54. The van der Waals surface area contributed by atoms with Gasteiger partial charge in [-0.2, -0.15) is 0 Å². The molecule has 1 amide bonds. The van der Waals surface area contributed by atoms with Gasteiger partial charge < -0.3 is 10.4 Å². The predicted molar refractivity (Wildman–Crippen MR) is 121 cm³/mol. The minimum Gasteiger partial charge on any atom is -0.515 e. The van der Waals surface area contributed by atoms with Crippen molar-refractivity contribution in [2.24, 2.45) is 23.2 Å². The highest BCUT2D eigenvalue weighted by atomic mass is 16.2. The van der Waals surface area contributed by atoms with Gasteiger partial charge in [0.05, 0.1) is 12.5 Å². The van der Waals surface area contributed by atoms with Crippen LogP contribution in [0.2, 0.25) is 0 Å². The van der Waals surface area contributed by atoms with Gasteiger partial charge in [0.2, 0.25) is 5.91 Å². The third-order valence-corrected chi connectivity index (χ3v) is 8.16. The van der Waals surface area contributed by atoms with Crippen molar-refractivity contribution < 1.29 is 14.7 Å². The molecule has 166 valence electrons. The van der Waals surface area contributed by atoms with Crippen LogP contribution in [0.25, 0.3) is 0 Å². The maximum atomic E-state index is 13.4. The van der Waals surface area contributed by atoms with Gasteiger partial charge in [-0.05, 0) is 66.9 Å². The van der Waals surface area contributed by atoms with Crippen molar-refractivity contribution in [1.29, 1.82) is 0 Å². The highest BCUT2D eigenvalue weighted by Crippen LogP contribution is 2.63. The second-order valence-corrected chi connectivity index (χ2v) is 9.69. The number of aryl methyl sites for hydroxylation is 1. The maximum absolute atomic E-state index is 13.4. The van der Waals surface area contributed by atoms with Gasteiger partial charge in [0.1, 0.15) is 0 Å². The number of aromatic nitrogens is 2. The molecule has 6 nitrogen and oxygen atoms in total. The fourth-order valence-electron chi connectivity index (χ4n) is 6.82. The molecule has 1 aromatic heterocycles. The van der Waals surface area contributed by atoms with Gasteiger partial charge in [0, 0.05) is 29.8 Å². The molecule has 2 fully saturated rings. The minimum atomic E-state index is -0.464. The number of carbonyl (C=O) groups is 2. The Hall–Kier alpha value is -3.02. The summed E-state index contributed by atoms with van der Waals surface area (Å²) in [7, 11) is 0. The number of Topliss-reactive ketones (excluding diaryl/α,β-unsaturated/α-hetero) is 1. The minimum absolute atomic E-state index is 0.0710. The maximum Gasteiger partial charge on any atom is 0.225 e. The molecule has 2 N–H and O–H groups in total. The second-order valence-electron chi connectivity index (χ2n) is 9.69. The Labute approximate surface area is 188 Å². The summed E-state index contributed by atoms with van der Waals surface area (Å²) in [4.78, 5) is 34.1. The Morgan fingerprint density at radius 3 is 2.91 bits per heavy atom. The van der Waals surface area contributed by atoms with Gasteiger partial charge in [-0.3, -0.25) is 14.6 Å². The molecule has 3 unspecified atom stereocenters. The molecule has 2 saturated carbocycles. The van der Waals surface area contributed by atoms with E-state index in [1.807, 2.05) is 0 Å². The van der Waals surface area contributed by atoms with Crippen LogP contribution in [0.4, 0.5) is 5.82 Å². The van der Waals surface area contributed by atoms with Crippen molar-refractivity contribution in [1.82, 2.24) is 9.97 Å². The average molecular weight is 432 g/mol. The molecule has 2 aromatic rings. The largest absolute Gasteiger partial charge is 0.515 e. The number of hydrogen-bond acceptors (Lipinski definition) is 5. The molecule has 3 aliphatic rings. The lowest BCUT2D eigenvalue weighted by Crippen LogP contribution is -2.44. The van der Waals surface area contributed by atoms with E-state index in [1.165, 1.54) is 23.5 Å². The van der Waals surface area contributed by atoms with Crippen LogP contribution in [-0.4, -0.2) is 26.8 Å². The van der Waals surface area contributed by atoms with Gasteiger partial charge in [-0.1, -0.05) is 31.2 Å². The monoisotopic (exact) mass is 431 g/mol. The van der Waals surface area contributed by atoms with Crippen molar-refractivity contribution in [2.75, 3.05) is 5.32 Å². The number of nitrogens with zero attached hydrogens (tertiary/aromatic N) is 2. The average Bonchev–Trinajstić information content (AvgIpc) is 3.04. The zero-order valence-corrected chi connectivity index (χ0v) is 18.3. The number of aliphatic hydroxyl groups is 1. The molecule has 0 aliphatic heterocycles. The number of benzene rings is 1. The first-order valence-corrected chi connectivity index (χ1v) is 11.6. The summed E-state index contributed by atoms with van der Waals surface area (Å²) >= 11 is 0. The van der Waals surface area contributed by atoms with Crippen LogP contribution in [0.5, 0.6) is 0 Å². The van der Waals surface area contributed by atoms with Crippen LogP contribution < -0.4 is 5.32 Å². The summed E-state index contributed by atoms with van der Waals surface area (Å²) in [6.45, 7) is 2.08. The van der Waals surface area contributed by atoms with Crippen molar-refractivity contribution in [3.63, 3.8) is 0 Å². The molecule has 3 aliphatic carbocycles. The molecule has 0 radical (unpaired) electrons.